The molecule has 0 unspecified atom stereocenters. The fraction of sp³-hybridized carbons (Fsp3) is 0.276. The number of hydrazone groups is 1. The van der Waals surface area contributed by atoms with Gasteiger partial charge in [-0.1, -0.05) is 72.3 Å². The van der Waals surface area contributed by atoms with E-state index in [0.717, 1.165) is 56.5 Å². The summed E-state index contributed by atoms with van der Waals surface area (Å²) >= 11 is 6.16. The van der Waals surface area contributed by atoms with Gasteiger partial charge in [0.25, 0.3) is 0 Å². The second-order valence-electron chi connectivity index (χ2n) is 9.36. The molecule has 0 aromatic heterocycles. The number of benzene rings is 3. The van der Waals surface area contributed by atoms with Gasteiger partial charge >= 0.3 is 0 Å². The first kappa shape index (κ1) is 24.4. The van der Waals surface area contributed by atoms with E-state index in [1.807, 2.05) is 29.4 Å². The summed E-state index contributed by atoms with van der Waals surface area (Å²) in [5, 5.41) is 9.70. The third kappa shape index (κ3) is 5.57. The van der Waals surface area contributed by atoms with E-state index in [-0.39, 0.29) is 0 Å². The van der Waals surface area contributed by atoms with Gasteiger partial charge in [-0.05, 0) is 54.8 Å². The Labute approximate surface area is 219 Å². The third-order valence-corrected chi connectivity index (χ3v) is 7.00. The SMILES string of the molecule is Cc1cccc(C)c1N1C(CN2CCN(CC=Cc3ccccc3)CC2)=NNN1c1ccc(Cl)cc1. The summed E-state index contributed by atoms with van der Waals surface area (Å²) in [7, 11) is 0. The summed E-state index contributed by atoms with van der Waals surface area (Å²) in [5.74, 6) is 0.986. The van der Waals surface area contributed by atoms with Gasteiger partial charge in [0.05, 0.1) is 17.9 Å². The number of anilines is 2. The van der Waals surface area contributed by atoms with Crippen LogP contribution < -0.4 is 15.7 Å². The number of piperazine rings is 1. The molecular formula is C29H33ClN6. The van der Waals surface area contributed by atoms with Crippen LogP contribution in [-0.2, 0) is 0 Å². The van der Waals surface area contributed by atoms with Gasteiger partial charge in [0.2, 0.25) is 0 Å². The maximum Gasteiger partial charge on any atom is 0.166 e. The lowest BCUT2D eigenvalue weighted by molar-refractivity contribution is 0.157. The summed E-state index contributed by atoms with van der Waals surface area (Å²) < 4.78 is 0. The van der Waals surface area contributed by atoms with E-state index >= 15 is 0 Å². The minimum absolute atomic E-state index is 0.717. The van der Waals surface area contributed by atoms with Gasteiger partial charge in [0, 0.05) is 37.7 Å². The highest BCUT2D eigenvalue weighted by molar-refractivity contribution is 6.30. The van der Waals surface area contributed by atoms with E-state index in [1.165, 1.54) is 16.7 Å². The Morgan fingerprint density at radius 3 is 2.19 bits per heavy atom. The molecule has 0 aliphatic carbocycles. The number of hydrogen-bond acceptors (Lipinski definition) is 6. The highest BCUT2D eigenvalue weighted by Gasteiger charge is 2.32. The molecule has 186 valence electrons. The fourth-order valence-corrected chi connectivity index (χ4v) is 4.90. The Balaban J connectivity index is 1.26. The van der Waals surface area contributed by atoms with E-state index in [2.05, 4.69) is 94.9 Å². The number of amidine groups is 1. The van der Waals surface area contributed by atoms with E-state index in [1.54, 1.807) is 0 Å². The molecule has 36 heavy (non-hydrogen) atoms. The van der Waals surface area contributed by atoms with Crippen molar-refractivity contribution in [2.45, 2.75) is 13.8 Å². The van der Waals surface area contributed by atoms with Crippen LogP contribution in [0.4, 0.5) is 11.4 Å². The molecule has 0 saturated carbocycles. The average Bonchev–Trinajstić information content (AvgIpc) is 3.29. The summed E-state index contributed by atoms with van der Waals surface area (Å²) in [6, 6.07) is 24.7. The van der Waals surface area contributed by atoms with Gasteiger partial charge in [-0.25, -0.2) is 5.01 Å². The van der Waals surface area contributed by atoms with Crippen LogP contribution in [0, 0.1) is 13.8 Å². The second-order valence-corrected chi connectivity index (χ2v) is 9.79. The second kappa shape index (κ2) is 11.2. The molecule has 1 saturated heterocycles. The molecule has 2 aliphatic rings. The third-order valence-electron chi connectivity index (χ3n) is 6.74. The summed E-state index contributed by atoms with van der Waals surface area (Å²) in [4.78, 5) is 5.00. The van der Waals surface area contributed by atoms with Crippen LogP contribution in [0.15, 0.2) is 84.0 Å². The normalized spacial score (nSPS) is 17.0. The van der Waals surface area contributed by atoms with Crippen LogP contribution in [0.2, 0.25) is 5.02 Å². The molecule has 1 N–H and O–H groups in total. The Morgan fingerprint density at radius 2 is 1.50 bits per heavy atom. The van der Waals surface area contributed by atoms with Crippen molar-refractivity contribution < 1.29 is 0 Å². The van der Waals surface area contributed by atoms with Gasteiger partial charge < -0.3 is 0 Å². The maximum absolute atomic E-state index is 6.16. The topological polar surface area (TPSA) is 37.4 Å². The summed E-state index contributed by atoms with van der Waals surface area (Å²) in [6.45, 7) is 10.2. The largest absolute Gasteiger partial charge is 0.297 e. The van der Waals surface area contributed by atoms with Gasteiger partial charge in [-0.3, -0.25) is 9.80 Å². The van der Waals surface area contributed by atoms with Crippen molar-refractivity contribution in [1.82, 2.24) is 15.3 Å². The van der Waals surface area contributed by atoms with Crippen LogP contribution in [0.1, 0.15) is 16.7 Å². The van der Waals surface area contributed by atoms with Crippen molar-refractivity contribution in [3.05, 3.63) is 101 Å². The lowest BCUT2D eigenvalue weighted by Gasteiger charge is -2.37. The zero-order valence-electron chi connectivity index (χ0n) is 20.9. The number of halogens is 1. The van der Waals surface area contributed by atoms with Crippen LogP contribution in [0.3, 0.4) is 0 Å². The molecule has 0 radical (unpaired) electrons. The molecule has 0 amide bonds. The highest BCUT2D eigenvalue weighted by atomic mass is 35.5. The molecule has 7 heteroatoms. The van der Waals surface area contributed by atoms with E-state index in [4.69, 9.17) is 16.7 Å². The standard InChI is InChI=1S/C29H33ClN6/c1-23-8-6-9-24(2)29(23)35-28(31-32-36(35)27-15-13-26(30)14-16-27)22-34-20-18-33(19-21-34)17-7-12-25-10-4-3-5-11-25/h3-16,32H,17-22H2,1-2H3. The van der Waals surface area contributed by atoms with Crippen molar-refractivity contribution in [3.63, 3.8) is 0 Å². The predicted molar refractivity (Wildman–Crippen MR) is 151 cm³/mol. The lowest BCUT2D eigenvalue weighted by atomic mass is 10.1. The first-order valence-electron chi connectivity index (χ1n) is 12.5. The number of para-hydroxylation sites is 1. The Bertz CT molecular complexity index is 1200. The van der Waals surface area contributed by atoms with Gasteiger partial charge in [0.15, 0.2) is 5.84 Å². The number of hydrogen-bond donors (Lipinski definition) is 1. The van der Waals surface area contributed by atoms with Crippen molar-refractivity contribution >= 4 is 34.9 Å². The number of nitrogens with zero attached hydrogens (tertiary/aromatic N) is 5. The number of aryl methyl sites for hydroxylation is 2. The van der Waals surface area contributed by atoms with Gasteiger partial charge in [-0.2, -0.15) is 10.7 Å². The Kier molecular flexibility index (Phi) is 7.56. The number of hydrazine groups is 2. The molecule has 0 spiro atoms. The molecule has 3 aromatic carbocycles. The predicted octanol–water partition coefficient (Wildman–Crippen LogP) is 5.35. The maximum atomic E-state index is 6.16. The van der Waals surface area contributed by atoms with E-state index in [9.17, 15) is 0 Å². The first-order valence-corrected chi connectivity index (χ1v) is 12.9. The molecule has 0 bridgehead atoms. The average molecular weight is 501 g/mol. The Hall–Kier alpha value is -3.32. The highest BCUT2D eigenvalue weighted by Crippen LogP contribution is 2.31. The molecule has 3 aromatic rings. The Morgan fingerprint density at radius 1 is 0.833 bits per heavy atom. The van der Waals surface area contributed by atoms with E-state index in [0.29, 0.717) is 5.02 Å². The van der Waals surface area contributed by atoms with Gasteiger partial charge in [0.1, 0.15) is 0 Å². The van der Waals surface area contributed by atoms with Crippen molar-refractivity contribution in [3.8, 4) is 0 Å². The zero-order valence-corrected chi connectivity index (χ0v) is 21.7. The summed E-state index contributed by atoms with van der Waals surface area (Å²) in [6.07, 6.45) is 4.47. The molecular weight excluding hydrogens is 468 g/mol. The number of rotatable bonds is 7. The van der Waals surface area contributed by atoms with Crippen LogP contribution >= 0.6 is 11.6 Å². The van der Waals surface area contributed by atoms with Crippen molar-refractivity contribution in [2.75, 3.05) is 49.4 Å². The molecule has 2 aliphatic heterocycles. The molecule has 0 atom stereocenters. The number of nitrogens with one attached hydrogen (secondary N) is 1. The zero-order chi connectivity index (χ0) is 24.9. The van der Waals surface area contributed by atoms with Crippen LogP contribution in [0.5, 0.6) is 0 Å². The van der Waals surface area contributed by atoms with Crippen molar-refractivity contribution in [2.24, 2.45) is 5.10 Å². The molecule has 5 rings (SSSR count). The van der Waals surface area contributed by atoms with E-state index < -0.39 is 0 Å². The molecule has 1 fully saturated rings. The summed E-state index contributed by atoms with van der Waals surface area (Å²) in [5.41, 5.74) is 9.05. The molecule has 2 heterocycles. The van der Waals surface area contributed by atoms with Crippen LogP contribution in [0.25, 0.3) is 6.08 Å². The monoisotopic (exact) mass is 500 g/mol. The quantitative estimate of drug-likeness (QED) is 0.473. The minimum atomic E-state index is 0.717. The minimum Gasteiger partial charge on any atom is -0.297 e. The van der Waals surface area contributed by atoms with Crippen LogP contribution in [-0.4, -0.2) is 54.9 Å². The smallest absolute Gasteiger partial charge is 0.166 e. The molecule has 6 nitrogen and oxygen atoms in total. The lowest BCUT2D eigenvalue weighted by Crippen LogP contribution is -2.52. The van der Waals surface area contributed by atoms with Crippen molar-refractivity contribution in [1.29, 1.82) is 0 Å². The first-order chi connectivity index (χ1) is 17.6. The fourth-order valence-electron chi connectivity index (χ4n) is 4.77. The van der Waals surface area contributed by atoms with Gasteiger partial charge in [-0.15, -0.1) is 5.10 Å².